The molecule has 0 N–H and O–H groups in total. The van der Waals surface area contributed by atoms with E-state index in [2.05, 4.69) is 39.4 Å². The SMILES string of the molecule is [Pt+2].[c-]1c(-c2noc3ccccc23)cccc1N(c1[c-]c(-n2cccn2)ccc1)c1ccccc1. The zero-order chi connectivity index (χ0) is 22.0. The number of hydrogen-bond donors (Lipinski definition) is 0. The number of aromatic nitrogens is 3. The number of rotatable bonds is 5. The van der Waals surface area contributed by atoms with Crippen LogP contribution in [-0.4, -0.2) is 14.9 Å². The van der Waals surface area contributed by atoms with Crippen LogP contribution in [0.3, 0.4) is 0 Å². The Morgan fingerprint density at radius 1 is 0.735 bits per heavy atom. The second-order valence-corrected chi connectivity index (χ2v) is 7.52. The Morgan fingerprint density at radius 3 is 2.32 bits per heavy atom. The van der Waals surface area contributed by atoms with Gasteiger partial charge in [0.05, 0.1) is 0 Å². The first-order valence-electron chi connectivity index (χ1n) is 10.6. The molecular formula is C28H18N4OPt. The molecule has 5 nitrogen and oxygen atoms in total. The third kappa shape index (κ3) is 4.07. The Bertz CT molecular complexity index is 1530. The Hall–Kier alpha value is -3.95. The van der Waals surface area contributed by atoms with E-state index < -0.39 is 0 Å². The molecule has 0 saturated heterocycles. The van der Waals surface area contributed by atoms with Gasteiger partial charge in [-0.15, -0.1) is 53.2 Å². The van der Waals surface area contributed by atoms with Gasteiger partial charge in [-0.25, -0.2) is 0 Å². The number of anilines is 3. The van der Waals surface area contributed by atoms with Crippen molar-refractivity contribution in [3.05, 3.63) is 122 Å². The Kier molecular flexibility index (Phi) is 6.11. The molecule has 0 aliphatic carbocycles. The van der Waals surface area contributed by atoms with Crippen molar-refractivity contribution < 1.29 is 25.6 Å². The van der Waals surface area contributed by atoms with Crippen LogP contribution in [0.2, 0.25) is 0 Å². The Labute approximate surface area is 211 Å². The van der Waals surface area contributed by atoms with Crippen molar-refractivity contribution in [2.45, 2.75) is 0 Å². The van der Waals surface area contributed by atoms with E-state index in [-0.39, 0.29) is 21.1 Å². The van der Waals surface area contributed by atoms with Crippen LogP contribution < -0.4 is 4.90 Å². The van der Waals surface area contributed by atoms with E-state index >= 15 is 0 Å². The average molecular weight is 622 g/mol. The molecule has 34 heavy (non-hydrogen) atoms. The number of benzene rings is 4. The normalized spacial score (nSPS) is 10.7. The molecule has 0 radical (unpaired) electrons. The molecule has 2 heterocycles. The third-order valence-electron chi connectivity index (χ3n) is 5.42. The third-order valence-corrected chi connectivity index (χ3v) is 5.42. The van der Waals surface area contributed by atoms with Gasteiger partial charge < -0.3 is 9.42 Å². The molecule has 0 spiro atoms. The molecule has 0 fully saturated rings. The maximum absolute atomic E-state index is 5.53. The van der Waals surface area contributed by atoms with Crippen LogP contribution in [0.25, 0.3) is 27.9 Å². The maximum atomic E-state index is 5.53. The average Bonchev–Trinajstić information content (AvgIpc) is 3.56. The summed E-state index contributed by atoms with van der Waals surface area (Å²) in [5, 5.41) is 9.63. The van der Waals surface area contributed by atoms with E-state index in [1.165, 1.54) is 0 Å². The van der Waals surface area contributed by atoms with Gasteiger partial charge in [-0.1, -0.05) is 42.1 Å². The predicted molar refractivity (Wildman–Crippen MR) is 129 cm³/mol. The van der Waals surface area contributed by atoms with E-state index in [1.807, 2.05) is 91.1 Å². The molecule has 0 aliphatic heterocycles. The van der Waals surface area contributed by atoms with Crippen molar-refractivity contribution in [3.8, 4) is 16.9 Å². The molecule has 0 aliphatic rings. The van der Waals surface area contributed by atoms with E-state index in [1.54, 1.807) is 10.9 Å². The number of hydrogen-bond acceptors (Lipinski definition) is 4. The summed E-state index contributed by atoms with van der Waals surface area (Å²) in [6.07, 6.45) is 3.67. The van der Waals surface area contributed by atoms with Crippen molar-refractivity contribution in [1.29, 1.82) is 0 Å². The van der Waals surface area contributed by atoms with Gasteiger partial charge in [-0.3, -0.25) is 4.68 Å². The number of nitrogens with zero attached hydrogens (tertiary/aromatic N) is 4. The van der Waals surface area contributed by atoms with E-state index in [0.717, 1.165) is 45.0 Å². The first-order valence-corrected chi connectivity index (χ1v) is 10.6. The van der Waals surface area contributed by atoms with Crippen LogP contribution in [0.4, 0.5) is 17.1 Å². The molecule has 0 saturated carbocycles. The van der Waals surface area contributed by atoms with Gasteiger partial charge in [-0.05, 0) is 35.6 Å². The molecule has 4 aromatic carbocycles. The molecule has 0 amide bonds. The van der Waals surface area contributed by atoms with Gasteiger partial charge in [0.1, 0.15) is 0 Å². The fourth-order valence-corrected chi connectivity index (χ4v) is 3.91. The van der Waals surface area contributed by atoms with Gasteiger partial charge >= 0.3 is 21.1 Å². The smallest absolute Gasteiger partial charge is 0.366 e. The fraction of sp³-hybridized carbons (Fsp3) is 0. The number of para-hydroxylation sites is 2. The van der Waals surface area contributed by atoms with E-state index in [4.69, 9.17) is 4.52 Å². The summed E-state index contributed by atoms with van der Waals surface area (Å²) >= 11 is 0. The summed E-state index contributed by atoms with van der Waals surface area (Å²) in [6.45, 7) is 0. The van der Waals surface area contributed by atoms with Crippen molar-refractivity contribution in [2.75, 3.05) is 4.90 Å². The van der Waals surface area contributed by atoms with Crippen molar-refractivity contribution in [1.82, 2.24) is 14.9 Å². The van der Waals surface area contributed by atoms with Gasteiger partial charge in [0.25, 0.3) is 0 Å². The van der Waals surface area contributed by atoms with Crippen molar-refractivity contribution in [3.63, 3.8) is 0 Å². The van der Waals surface area contributed by atoms with E-state index in [9.17, 15) is 0 Å². The van der Waals surface area contributed by atoms with Crippen LogP contribution in [-0.2, 0) is 21.1 Å². The molecular weight excluding hydrogens is 603 g/mol. The monoisotopic (exact) mass is 621 g/mol. The van der Waals surface area contributed by atoms with Crippen molar-refractivity contribution >= 4 is 28.0 Å². The predicted octanol–water partition coefficient (Wildman–Crippen LogP) is 6.75. The first kappa shape index (κ1) is 21.9. The molecule has 166 valence electrons. The molecule has 0 unspecified atom stereocenters. The van der Waals surface area contributed by atoms with Gasteiger partial charge in [0.15, 0.2) is 5.58 Å². The van der Waals surface area contributed by atoms with Gasteiger partial charge in [-0.2, -0.15) is 11.2 Å². The topological polar surface area (TPSA) is 47.1 Å². The summed E-state index contributed by atoms with van der Waals surface area (Å²) in [7, 11) is 0. The van der Waals surface area contributed by atoms with Crippen LogP contribution in [0.15, 0.2) is 114 Å². The number of fused-ring (bicyclic) bond motifs is 1. The summed E-state index contributed by atoms with van der Waals surface area (Å²) in [5.41, 5.74) is 6.01. The van der Waals surface area contributed by atoms with Crippen LogP contribution >= 0.6 is 0 Å². The minimum Gasteiger partial charge on any atom is -0.366 e. The molecule has 6 aromatic rings. The minimum atomic E-state index is 0. The molecule has 0 atom stereocenters. The zero-order valence-corrected chi connectivity index (χ0v) is 20.2. The second kappa shape index (κ2) is 9.50. The molecule has 0 bridgehead atoms. The quantitative estimate of drug-likeness (QED) is 0.200. The maximum Gasteiger partial charge on any atom is 2.00 e. The van der Waals surface area contributed by atoms with Crippen LogP contribution in [0.1, 0.15) is 0 Å². The van der Waals surface area contributed by atoms with E-state index in [0.29, 0.717) is 0 Å². The summed E-state index contributed by atoms with van der Waals surface area (Å²) in [5.74, 6) is 0. The largest absolute Gasteiger partial charge is 2.00 e. The second-order valence-electron chi connectivity index (χ2n) is 7.52. The minimum absolute atomic E-state index is 0. The summed E-state index contributed by atoms with van der Waals surface area (Å²) < 4.78 is 7.33. The Morgan fingerprint density at radius 2 is 1.50 bits per heavy atom. The van der Waals surface area contributed by atoms with Crippen LogP contribution in [0.5, 0.6) is 0 Å². The molecule has 6 heteroatoms. The van der Waals surface area contributed by atoms with Crippen molar-refractivity contribution in [2.24, 2.45) is 0 Å². The molecule has 2 aromatic heterocycles. The first-order chi connectivity index (χ1) is 16.4. The standard InChI is InChI=1S/C28H18N4O.Pt/c1-2-10-22(11-3-1)32(25-14-7-12-23(20-25)31-18-8-17-29-31)24-13-6-9-21(19-24)28-26-15-4-5-16-27(26)33-30-28;/h1-18H;/q-2;+2. The summed E-state index contributed by atoms with van der Waals surface area (Å²) in [6, 6.07) is 39.1. The Balaban J connectivity index is 0.00000241. The van der Waals surface area contributed by atoms with Gasteiger partial charge in [0.2, 0.25) is 0 Å². The molecule has 6 rings (SSSR count). The fourth-order valence-electron chi connectivity index (χ4n) is 3.91. The van der Waals surface area contributed by atoms with Crippen LogP contribution in [0, 0.1) is 12.1 Å². The zero-order valence-electron chi connectivity index (χ0n) is 17.9. The van der Waals surface area contributed by atoms with Gasteiger partial charge in [0, 0.05) is 29.2 Å². The summed E-state index contributed by atoms with van der Waals surface area (Å²) in [4.78, 5) is 2.12.